The van der Waals surface area contributed by atoms with Crippen LogP contribution in [0.5, 0.6) is 0 Å². The second-order valence-corrected chi connectivity index (χ2v) is 4.25. The summed E-state index contributed by atoms with van der Waals surface area (Å²) in [7, 11) is 0. The van der Waals surface area contributed by atoms with Crippen molar-refractivity contribution < 1.29 is 19.1 Å². The quantitative estimate of drug-likeness (QED) is 0.418. The van der Waals surface area contributed by atoms with Crippen LogP contribution in [0.1, 0.15) is 30.6 Å². The normalized spacial score (nSPS) is 10.7. The van der Waals surface area contributed by atoms with Gasteiger partial charge in [0.2, 0.25) is 6.29 Å². The molecule has 0 N–H and O–H groups in total. The Kier molecular flexibility index (Phi) is 6.70. The minimum atomic E-state index is -0.966. The van der Waals surface area contributed by atoms with E-state index in [0.717, 1.165) is 0 Å². The van der Waals surface area contributed by atoms with Gasteiger partial charge in [0.1, 0.15) is 0 Å². The third-order valence-corrected chi connectivity index (χ3v) is 2.65. The minimum absolute atomic E-state index is 0.244. The van der Waals surface area contributed by atoms with Gasteiger partial charge in [-0.25, -0.2) is 0 Å². The SMILES string of the molecule is CCOC(OCC)C(=O)CC(=O)c1ccc(Cl)cc1. The van der Waals surface area contributed by atoms with Gasteiger partial charge in [-0.15, -0.1) is 0 Å². The lowest BCUT2D eigenvalue weighted by Gasteiger charge is -2.15. The molecule has 1 aromatic carbocycles. The summed E-state index contributed by atoms with van der Waals surface area (Å²) in [4.78, 5) is 23.8. The first-order valence-electron chi connectivity index (χ1n) is 6.13. The van der Waals surface area contributed by atoms with Crippen molar-refractivity contribution in [2.45, 2.75) is 26.6 Å². The fourth-order valence-corrected chi connectivity index (χ4v) is 1.64. The average molecular weight is 285 g/mol. The second-order valence-electron chi connectivity index (χ2n) is 3.82. The van der Waals surface area contributed by atoms with E-state index in [2.05, 4.69) is 0 Å². The third kappa shape index (κ3) is 5.11. The molecule has 0 heterocycles. The summed E-state index contributed by atoms with van der Waals surface area (Å²) < 4.78 is 10.3. The van der Waals surface area contributed by atoms with Crippen LogP contribution in [-0.2, 0) is 14.3 Å². The highest BCUT2D eigenvalue weighted by Crippen LogP contribution is 2.12. The largest absolute Gasteiger partial charge is 0.346 e. The van der Waals surface area contributed by atoms with Crippen LogP contribution < -0.4 is 0 Å². The molecule has 0 aromatic heterocycles. The van der Waals surface area contributed by atoms with E-state index in [4.69, 9.17) is 21.1 Å². The third-order valence-electron chi connectivity index (χ3n) is 2.40. The highest BCUT2D eigenvalue weighted by Gasteiger charge is 2.22. The summed E-state index contributed by atoms with van der Waals surface area (Å²) in [5.41, 5.74) is 0.449. The maximum atomic E-state index is 11.9. The topological polar surface area (TPSA) is 52.6 Å². The van der Waals surface area contributed by atoms with E-state index in [1.807, 2.05) is 0 Å². The minimum Gasteiger partial charge on any atom is -0.346 e. The van der Waals surface area contributed by atoms with Crippen LogP contribution in [0.2, 0.25) is 5.02 Å². The predicted molar refractivity (Wildman–Crippen MR) is 72.4 cm³/mol. The van der Waals surface area contributed by atoms with E-state index in [1.165, 1.54) is 0 Å². The van der Waals surface area contributed by atoms with Crippen molar-refractivity contribution in [3.63, 3.8) is 0 Å². The van der Waals surface area contributed by atoms with Crippen molar-refractivity contribution in [2.24, 2.45) is 0 Å². The van der Waals surface area contributed by atoms with Crippen molar-refractivity contribution >= 4 is 23.2 Å². The molecule has 0 aliphatic carbocycles. The van der Waals surface area contributed by atoms with Gasteiger partial charge in [0.25, 0.3) is 0 Å². The van der Waals surface area contributed by atoms with Crippen LogP contribution in [0.15, 0.2) is 24.3 Å². The first-order chi connectivity index (χ1) is 9.08. The van der Waals surface area contributed by atoms with Gasteiger partial charge in [-0.3, -0.25) is 9.59 Å². The van der Waals surface area contributed by atoms with Gasteiger partial charge in [-0.1, -0.05) is 11.6 Å². The molecule has 0 fully saturated rings. The number of hydrogen-bond donors (Lipinski definition) is 0. The summed E-state index contributed by atoms with van der Waals surface area (Å²) in [6.45, 7) is 4.23. The van der Waals surface area contributed by atoms with Crippen LogP contribution in [0.25, 0.3) is 0 Å². The zero-order valence-electron chi connectivity index (χ0n) is 11.0. The summed E-state index contributed by atoms with van der Waals surface area (Å²) >= 11 is 5.74. The number of benzene rings is 1. The molecule has 5 heteroatoms. The number of Topliss-reactive ketones (excluding diaryl/α,β-unsaturated/α-hetero) is 2. The number of carbonyl (C=O) groups is 2. The molecule has 0 bridgehead atoms. The zero-order valence-corrected chi connectivity index (χ0v) is 11.8. The van der Waals surface area contributed by atoms with E-state index >= 15 is 0 Å². The van der Waals surface area contributed by atoms with Crippen molar-refractivity contribution in [3.8, 4) is 0 Å². The fourth-order valence-electron chi connectivity index (χ4n) is 1.52. The van der Waals surface area contributed by atoms with Crippen molar-refractivity contribution in [1.82, 2.24) is 0 Å². The molecule has 19 heavy (non-hydrogen) atoms. The van der Waals surface area contributed by atoms with E-state index in [-0.39, 0.29) is 18.0 Å². The fraction of sp³-hybridized carbons (Fsp3) is 0.429. The molecule has 0 radical (unpaired) electrons. The first-order valence-corrected chi connectivity index (χ1v) is 6.51. The lowest BCUT2D eigenvalue weighted by atomic mass is 10.1. The van der Waals surface area contributed by atoms with Gasteiger partial charge >= 0.3 is 0 Å². The number of halogens is 1. The van der Waals surface area contributed by atoms with Gasteiger partial charge in [0, 0.05) is 23.8 Å². The molecule has 0 atom stereocenters. The number of ketones is 2. The van der Waals surface area contributed by atoms with Crippen LogP contribution in [-0.4, -0.2) is 31.1 Å². The highest BCUT2D eigenvalue weighted by molar-refractivity contribution is 6.30. The standard InChI is InChI=1S/C14H17ClO4/c1-3-18-14(19-4-2)13(17)9-12(16)10-5-7-11(15)8-6-10/h5-8,14H,3-4,9H2,1-2H3. The smallest absolute Gasteiger partial charge is 0.218 e. The maximum Gasteiger partial charge on any atom is 0.218 e. The first kappa shape index (κ1) is 15.8. The molecule has 1 rings (SSSR count). The molecule has 0 saturated carbocycles. The summed E-state index contributed by atoms with van der Waals surface area (Å²) in [5.74, 6) is -0.644. The molecular formula is C14H17ClO4. The monoisotopic (exact) mass is 284 g/mol. The van der Waals surface area contributed by atoms with Crippen molar-refractivity contribution in [1.29, 1.82) is 0 Å². The Labute approximate surface area is 117 Å². The second kappa shape index (κ2) is 8.04. The number of carbonyl (C=O) groups excluding carboxylic acids is 2. The maximum absolute atomic E-state index is 11.9. The molecule has 4 nitrogen and oxygen atoms in total. The molecule has 0 saturated heterocycles. The Morgan fingerprint density at radius 2 is 1.63 bits per heavy atom. The summed E-state index contributed by atoms with van der Waals surface area (Å²) in [5, 5.41) is 0.546. The van der Waals surface area contributed by atoms with Crippen molar-refractivity contribution in [2.75, 3.05) is 13.2 Å². The Morgan fingerprint density at radius 3 is 2.11 bits per heavy atom. The lowest BCUT2D eigenvalue weighted by molar-refractivity contribution is -0.166. The molecule has 1 aromatic rings. The summed E-state index contributed by atoms with van der Waals surface area (Å²) in [6, 6.07) is 6.41. The van der Waals surface area contributed by atoms with E-state index in [0.29, 0.717) is 23.8 Å². The Hall–Kier alpha value is -1.23. The molecular weight excluding hydrogens is 268 g/mol. The number of rotatable bonds is 8. The zero-order chi connectivity index (χ0) is 14.3. The van der Waals surface area contributed by atoms with E-state index < -0.39 is 6.29 Å². The van der Waals surface area contributed by atoms with Gasteiger partial charge in [0.05, 0.1) is 6.42 Å². The Bertz CT molecular complexity index is 422. The Morgan fingerprint density at radius 1 is 1.11 bits per heavy atom. The lowest BCUT2D eigenvalue weighted by Crippen LogP contribution is -2.29. The Balaban J connectivity index is 2.64. The van der Waals surface area contributed by atoms with Gasteiger partial charge in [0.15, 0.2) is 11.6 Å². The van der Waals surface area contributed by atoms with Crippen LogP contribution in [0, 0.1) is 0 Å². The van der Waals surface area contributed by atoms with Gasteiger partial charge in [-0.2, -0.15) is 0 Å². The van der Waals surface area contributed by atoms with Crippen LogP contribution >= 0.6 is 11.6 Å². The van der Waals surface area contributed by atoms with Gasteiger partial charge in [-0.05, 0) is 38.1 Å². The number of ether oxygens (including phenoxy) is 2. The van der Waals surface area contributed by atoms with E-state index in [1.54, 1.807) is 38.1 Å². The molecule has 0 spiro atoms. The van der Waals surface area contributed by atoms with Gasteiger partial charge < -0.3 is 9.47 Å². The number of hydrogen-bond acceptors (Lipinski definition) is 4. The molecule has 0 amide bonds. The summed E-state index contributed by atoms with van der Waals surface area (Å²) in [6.07, 6.45) is -1.21. The average Bonchev–Trinajstić information content (AvgIpc) is 2.39. The molecule has 0 aliphatic rings. The molecule has 104 valence electrons. The highest BCUT2D eigenvalue weighted by atomic mass is 35.5. The predicted octanol–water partition coefficient (Wildman–Crippen LogP) is 2.88. The molecule has 0 aliphatic heterocycles. The van der Waals surface area contributed by atoms with Crippen LogP contribution in [0.3, 0.4) is 0 Å². The van der Waals surface area contributed by atoms with Crippen molar-refractivity contribution in [3.05, 3.63) is 34.9 Å². The molecule has 0 unspecified atom stereocenters. The van der Waals surface area contributed by atoms with E-state index in [9.17, 15) is 9.59 Å². The van der Waals surface area contributed by atoms with Crippen LogP contribution in [0.4, 0.5) is 0 Å².